The average Bonchev–Trinajstić information content (AvgIpc) is 2.86. The average molecular weight is 498 g/mol. The van der Waals surface area contributed by atoms with Gasteiger partial charge in [-0.3, -0.25) is 9.59 Å². The van der Waals surface area contributed by atoms with Crippen LogP contribution in [0.3, 0.4) is 0 Å². The summed E-state index contributed by atoms with van der Waals surface area (Å²) < 4.78 is 27.2. The Morgan fingerprint density at radius 1 is 0.914 bits per heavy atom. The molecule has 1 aliphatic heterocycles. The number of carbonyl (C=O) groups excluding carboxylic acids is 2. The van der Waals surface area contributed by atoms with Crippen LogP contribution in [0.1, 0.15) is 66.4 Å². The maximum Gasteiger partial charge on any atom is 0.253 e. The molecule has 2 amide bonds. The van der Waals surface area contributed by atoms with Gasteiger partial charge in [0, 0.05) is 25.0 Å². The van der Waals surface area contributed by atoms with Crippen LogP contribution in [-0.2, 0) is 20.6 Å². The molecular formula is C27H35N3O4S. The van der Waals surface area contributed by atoms with Gasteiger partial charge in [-0.15, -0.1) is 0 Å². The highest BCUT2D eigenvalue weighted by Gasteiger charge is 2.31. The minimum absolute atomic E-state index is 0.0341. The number of aryl methyl sites for hydroxylation is 1. The summed E-state index contributed by atoms with van der Waals surface area (Å²) in [6, 6.07) is 14.8. The highest BCUT2D eigenvalue weighted by atomic mass is 32.2. The van der Waals surface area contributed by atoms with Gasteiger partial charge in [-0.1, -0.05) is 61.2 Å². The first-order valence-electron chi connectivity index (χ1n) is 12.6. The third-order valence-corrected chi connectivity index (χ3v) is 8.91. The van der Waals surface area contributed by atoms with Crippen molar-refractivity contribution in [1.29, 1.82) is 0 Å². The van der Waals surface area contributed by atoms with Crippen LogP contribution >= 0.6 is 0 Å². The van der Waals surface area contributed by atoms with Gasteiger partial charge in [-0.2, -0.15) is 0 Å². The van der Waals surface area contributed by atoms with Crippen molar-refractivity contribution >= 4 is 27.5 Å². The molecule has 0 unspecified atom stereocenters. The zero-order valence-corrected chi connectivity index (χ0v) is 21.1. The molecule has 2 aliphatic rings. The first-order chi connectivity index (χ1) is 16.8. The SMILES string of the molecule is Cc1ccc(CS(=O)(=O)N2CCC(C(=O)Nc3ccccc3C(=O)NC3CCCCC3)CC2)cc1. The number of hydrogen-bond donors (Lipinski definition) is 2. The lowest BCUT2D eigenvalue weighted by atomic mass is 9.95. The number of hydrogen-bond acceptors (Lipinski definition) is 4. The van der Waals surface area contributed by atoms with Crippen molar-refractivity contribution in [3.05, 3.63) is 65.2 Å². The highest BCUT2D eigenvalue weighted by Crippen LogP contribution is 2.25. The molecular weight excluding hydrogens is 462 g/mol. The summed E-state index contributed by atoms with van der Waals surface area (Å²) in [7, 11) is -3.44. The van der Waals surface area contributed by atoms with E-state index in [1.54, 1.807) is 24.3 Å². The van der Waals surface area contributed by atoms with Crippen molar-refractivity contribution in [2.24, 2.45) is 5.92 Å². The van der Waals surface area contributed by atoms with E-state index in [0.717, 1.165) is 36.8 Å². The number of amides is 2. The minimum Gasteiger partial charge on any atom is -0.349 e. The van der Waals surface area contributed by atoms with Crippen LogP contribution in [0.15, 0.2) is 48.5 Å². The second kappa shape index (κ2) is 11.4. The van der Waals surface area contributed by atoms with E-state index in [2.05, 4.69) is 10.6 Å². The summed E-state index contributed by atoms with van der Waals surface area (Å²) in [6.45, 7) is 2.60. The zero-order chi connectivity index (χ0) is 24.8. The molecule has 0 bridgehead atoms. The van der Waals surface area contributed by atoms with E-state index in [0.29, 0.717) is 37.2 Å². The van der Waals surface area contributed by atoms with Gasteiger partial charge in [0.15, 0.2) is 0 Å². The van der Waals surface area contributed by atoms with Gasteiger partial charge in [-0.05, 0) is 50.3 Å². The lowest BCUT2D eigenvalue weighted by Crippen LogP contribution is -2.42. The lowest BCUT2D eigenvalue weighted by molar-refractivity contribution is -0.120. The van der Waals surface area contributed by atoms with Crippen molar-refractivity contribution in [3.63, 3.8) is 0 Å². The van der Waals surface area contributed by atoms with Gasteiger partial charge in [0.05, 0.1) is 17.0 Å². The Morgan fingerprint density at radius 2 is 1.57 bits per heavy atom. The molecule has 0 aromatic heterocycles. The topological polar surface area (TPSA) is 95.6 Å². The molecule has 2 aromatic rings. The second-order valence-corrected chi connectivity index (χ2v) is 11.7. The summed E-state index contributed by atoms with van der Waals surface area (Å²) in [6.07, 6.45) is 6.36. The van der Waals surface area contributed by atoms with Crippen molar-refractivity contribution < 1.29 is 18.0 Å². The van der Waals surface area contributed by atoms with Gasteiger partial charge >= 0.3 is 0 Å². The van der Waals surface area contributed by atoms with E-state index < -0.39 is 10.0 Å². The molecule has 2 fully saturated rings. The van der Waals surface area contributed by atoms with Gasteiger partial charge in [0.2, 0.25) is 15.9 Å². The molecule has 8 heteroatoms. The smallest absolute Gasteiger partial charge is 0.253 e. The molecule has 188 valence electrons. The van der Waals surface area contributed by atoms with Gasteiger partial charge in [-0.25, -0.2) is 12.7 Å². The van der Waals surface area contributed by atoms with Crippen molar-refractivity contribution in [1.82, 2.24) is 9.62 Å². The van der Waals surface area contributed by atoms with Crippen LogP contribution < -0.4 is 10.6 Å². The zero-order valence-electron chi connectivity index (χ0n) is 20.3. The summed E-state index contributed by atoms with van der Waals surface area (Å²) >= 11 is 0. The maximum atomic E-state index is 13.0. The van der Waals surface area contributed by atoms with E-state index in [1.807, 2.05) is 31.2 Å². The summed E-state index contributed by atoms with van der Waals surface area (Å²) in [4.78, 5) is 25.9. The van der Waals surface area contributed by atoms with E-state index in [4.69, 9.17) is 0 Å². The standard InChI is InChI=1S/C27H35N3O4S/c1-20-11-13-21(14-12-20)19-35(33,34)30-17-15-22(16-18-30)26(31)29-25-10-6-5-9-24(25)27(32)28-23-7-3-2-4-8-23/h5-6,9-14,22-23H,2-4,7-8,15-19H2,1H3,(H,28,32)(H,29,31). The quantitative estimate of drug-likeness (QED) is 0.598. The fourth-order valence-corrected chi connectivity index (χ4v) is 6.48. The molecule has 1 saturated carbocycles. The van der Waals surface area contributed by atoms with E-state index >= 15 is 0 Å². The van der Waals surface area contributed by atoms with Gasteiger partial charge in [0.1, 0.15) is 0 Å². The normalized spacial score (nSPS) is 18.2. The predicted octanol–water partition coefficient (Wildman–Crippen LogP) is 4.24. The molecule has 4 rings (SSSR count). The van der Waals surface area contributed by atoms with Gasteiger partial charge < -0.3 is 10.6 Å². The molecule has 1 saturated heterocycles. The Labute approximate surface area is 208 Å². The number of benzene rings is 2. The van der Waals surface area contributed by atoms with Gasteiger partial charge in [0.25, 0.3) is 5.91 Å². The summed E-state index contributed by atoms with van der Waals surface area (Å²) in [5.74, 6) is -0.660. The molecule has 2 aromatic carbocycles. The first kappa shape index (κ1) is 25.4. The third kappa shape index (κ3) is 6.70. The molecule has 0 atom stereocenters. The van der Waals surface area contributed by atoms with Crippen LogP contribution in [0.2, 0.25) is 0 Å². The Morgan fingerprint density at radius 3 is 2.26 bits per heavy atom. The number of carbonyl (C=O) groups is 2. The van der Waals surface area contributed by atoms with E-state index in [-0.39, 0.29) is 29.5 Å². The van der Waals surface area contributed by atoms with Crippen molar-refractivity contribution in [2.45, 2.75) is 63.7 Å². The largest absolute Gasteiger partial charge is 0.349 e. The van der Waals surface area contributed by atoms with E-state index in [9.17, 15) is 18.0 Å². The van der Waals surface area contributed by atoms with Crippen LogP contribution in [-0.4, -0.2) is 43.7 Å². The molecule has 0 spiro atoms. The molecule has 0 radical (unpaired) electrons. The second-order valence-electron chi connectivity index (χ2n) is 9.76. The Hall–Kier alpha value is -2.71. The summed E-state index contributed by atoms with van der Waals surface area (Å²) in [5, 5.41) is 6.04. The highest BCUT2D eigenvalue weighted by molar-refractivity contribution is 7.88. The number of piperidine rings is 1. The monoisotopic (exact) mass is 497 g/mol. The van der Waals surface area contributed by atoms with Crippen LogP contribution in [0, 0.1) is 12.8 Å². The lowest BCUT2D eigenvalue weighted by Gasteiger charge is -2.30. The third-order valence-electron chi connectivity index (χ3n) is 7.06. The Balaban J connectivity index is 1.33. The number of rotatable bonds is 7. The molecule has 35 heavy (non-hydrogen) atoms. The van der Waals surface area contributed by atoms with Crippen LogP contribution in [0.5, 0.6) is 0 Å². The summed E-state index contributed by atoms with van der Waals surface area (Å²) in [5.41, 5.74) is 2.81. The maximum absolute atomic E-state index is 13.0. The van der Waals surface area contributed by atoms with Crippen LogP contribution in [0.25, 0.3) is 0 Å². The number of para-hydroxylation sites is 1. The van der Waals surface area contributed by atoms with Crippen molar-refractivity contribution in [3.8, 4) is 0 Å². The molecule has 7 nitrogen and oxygen atoms in total. The number of nitrogens with zero attached hydrogens (tertiary/aromatic N) is 1. The molecule has 1 aliphatic carbocycles. The van der Waals surface area contributed by atoms with Crippen LogP contribution in [0.4, 0.5) is 5.69 Å². The fourth-order valence-electron chi connectivity index (χ4n) is 4.92. The minimum atomic E-state index is -3.44. The first-order valence-corrected chi connectivity index (χ1v) is 14.2. The molecule has 2 N–H and O–H groups in total. The number of anilines is 1. The number of nitrogens with one attached hydrogen (secondary N) is 2. The number of sulfonamides is 1. The van der Waals surface area contributed by atoms with E-state index in [1.165, 1.54) is 10.7 Å². The predicted molar refractivity (Wildman–Crippen MR) is 138 cm³/mol. The van der Waals surface area contributed by atoms with Crippen molar-refractivity contribution in [2.75, 3.05) is 18.4 Å². The fraction of sp³-hybridized carbons (Fsp3) is 0.481. The Bertz CT molecular complexity index is 1130. The molecule has 1 heterocycles. The Kier molecular flexibility index (Phi) is 8.23.